The molecule has 410 valence electrons. The summed E-state index contributed by atoms with van der Waals surface area (Å²) >= 11 is 0. The summed E-state index contributed by atoms with van der Waals surface area (Å²) in [6, 6.07) is 32.3. The van der Waals surface area contributed by atoms with Gasteiger partial charge in [-0.25, -0.2) is 66.6 Å². The predicted molar refractivity (Wildman–Crippen MR) is 307 cm³/mol. The van der Waals surface area contributed by atoms with Crippen molar-refractivity contribution in [2.45, 2.75) is 108 Å². The highest BCUT2D eigenvalue weighted by Crippen LogP contribution is 2.34. The van der Waals surface area contributed by atoms with Crippen molar-refractivity contribution in [3.05, 3.63) is 186 Å². The van der Waals surface area contributed by atoms with E-state index in [4.69, 9.17) is 0 Å². The molecule has 0 atom stereocenters. The number of aryl methyl sites for hydroxylation is 3. The molecule has 20 nitrogen and oxygen atoms in total. The average Bonchev–Trinajstić information content (AvgIpc) is 3.51. The first-order chi connectivity index (χ1) is 36.7. The van der Waals surface area contributed by atoms with Gasteiger partial charge in [-0.05, 0) is 144 Å². The van der Waals surface area contributed by atoms with Crippen molar-refractivity contribution < 1.29 is 33.6 Å². The Morgan fingerprint density at radius 2 is 0.688 bits per heavy atom. The van der Waals surface area contributed by atoms with Gasteiger partial charge in [0.2, 0.25) is 42.6 Å². The quantitative estimate of drug-likeness (QED) is 0.0733. The topological polar surface area (TPSA) is 272 Å². The van der Waals surface area contributed by atoms with Crippen molar-refractivity contribution >= 4 is 87.5 Å². The molecule has 0 radical (unpaired) electrons. The van der Waals surface area contributed by atoms with Gasteiger partial charge in [-0.2, -0.15) is 30.0 Å². The van der Waals surface area contributed by atoms with Crippen LogP contribution in [0.5, 0.6) is 0 Å². The zero-order valence-corrected chi connectivity index (χ0v) is 43.2. The van der Waals surface area contributed by atoms with E-state index in [1.54, 1.807) is 178 Å². The Morgan fingerprint density at radius 1 is 0.375 bits per heavy atom. The number of isocyanates is 7. The second-order valence-electron chi connectivity index (χ2n) is 18.5. The lowest BCUT2D eigenvalue weighted by molar-refractivity contribution is 0.267. The Balaban J connectivity index is 0.000000554. The number of hydrogen-bond donors (Lipinski definition) is 0. The van der Waals surface area contributed by atoms with Crippen LogP contribution in [0.3, 0.4) is 0 Å². The molecule has 0 spiro atoms. The SMILES string of the molecule is C.C.C.Cc1cc(C(C)(C)n2c(=O)n(C(C)(C)c3ccc(N=C=O)c(C)c3)c(=O)n(C(C)(C)c3ccc(N=C=O)c(C)c3)c2=O)ccc1N=C=O.O=C=NCc1cccc(N=C=O)c1.O=C=Nc1cccc2c(N=C=O)cccc12. The standard InChI is InChI=1S/C36H36N6O6.C12H6N2O2.C9H6N2O2.3CH4/c1-22-16-25(10-13-28(22)37-19-43)34(4,5)40-31(46)41(35(6,7)26-11-14-29(38-20-44)23(2)17-26)33(48)42(32(40)47)36(8,9)27-12-15-30(39-21-45)24(3)18-27;15-7-13-11-5-1-3-9-10(11)4-2-6-12(9)14-8-16;12-6-10-5-8-2-1-3-9(4-8)11-7-13;;;/h10-18H,1-9H3;1-6H;1-4H,5H2;3*1H4. The molecule has 80 heavy (non-hydrogen) atoms. The minimum Gasteiger partial charge on any atom is -0.247 e. The number of nitrogens with zero attached hydrogens (tertiary/aromatic N) is 10. The van der Waals surface area contributed by atoms with Gasteiger partial charge in [-0.1, -0.05) is 95.1 Å². The Labute approximate surface area is 461 Å². The third-order valence-corrected chi connectivity index (χ3v) is 12.7. The number of hydrogen-bond acceptors (Lipinski definition) is 17. The molecule has 1 heterocycles. The van der Waals surface area contributed by atoms with E-state index in [0.717, 1.165) is 30.0 Å². The summed E-state index contributed by atoms with van der Waals surface area (Å²) < 4.78 is 3.18. The summed E-state index contributed by atoms with van der Waals surface area (Å²) in [5.74, 6) is 0. The van der Waals surface area contributed by atoms with Gasteiger partial charge in [0.05, 0.1) is 57.3 Å². The van der Waals surface area contributed by atoms with E-state index in [9.17, 15) is 47.9 Å². The van der Waals surface area contributed by atoms with Crippen LogP contribution in [-0.4, -0.2) is 56.3 Å². The van der Waals surface area contributed by atoms with Crippen LogP contribution in [0.2, 0.25) is 0 Å². The van der Waals surface area contributed by atoms with Crippen LogP contribution >= 0.6 is 0 Å². The number of benzene rings is 6. The van der Waals surface area contributed by atoms with Crippen LogP contribution in [0.1, 0.15) is 103 Å². The van der Waals surface area contributed by atoms with Gasteiger partial charge in [0.15, 0.2) is 0 Å². The van der Waals surface area contributed by atoms with Crippen LogP contribution in [-0.2, 0) is 56.7 Å². The molecule has 7 aromatic rings. The summed E-state index contributed by atoms with van der Waals surface area (Å²) in [5.41, 5.74) is 0.507. The van der Waals surface area contributed by atoms with E-state index in [0.29, 0.717) is 67.5 Å². The summed E-state index contributed by atoms with van der Waals surface area (Å²) in [5, 5.41) is 1.50. The molecule has 0 saturated carbocycles. The van der Waals surface area contributed by atoms with Crippen molar-refractivity contribution in [1.29, 1.82) is 0 Å². The number of carbonyl (C=O) groups excluding carboxylic acids is 7. The fourth-order valence-electron chi connectivity index (χ4n) is 8.47. The van der Waals surface area contributed by atoms with E-state index in [1.807, 2.05) is 0 Å². The molecular formula is C60H60N10O10. The molecule has 0 saturated heterocycles. The van der Waals surface area contributed by atoms with E-state index in [1.165, 1.54) is 42.6 Å². The Morgan fingerprint density at radius 3 is 0.988 bits per heavy atom. The van der Waals surface area contributed by atoms with Crippen LogP contribution in [0.15, 0.2) is 165 Å². The highest BCUT2D eigenvalue weighted by Gasteiger charge is 2.39. The summed E-state index contributed by atoms with van der Waals surface area (Å²) in [6.45, 7) is 15.6. The first-order valence-electron chi connectivity index (χ1n) is 23.2. The molecule has 20 heteroatoms. The Bertz CT molecular complexity index is 3650. The average molecular weight is 1080 g/mol. The lowest BCUT2D eigenvalue weighted by Gasteiger charge is -2.36. The zero-order chi connectivity index (χ0) is 56.7. The highest BCUT2D eigenvalue weighted by molar-refractivity contribution is 6.00. The molecular weight excluding hydrogens is 1020 g/mol. The van der Waals surface area contributed by atoms with Gasteiger partial charge in [-0.15, -0.1) is 0 Å². The lowest BCUT2D eigenvalue weighted by atomic mass is 9.90. The van der Waals surface area contributed by atoms with Crippen molar-refractivity contribution in [3.8, 4) is 0 Å². The third-order valence-electron chi connectivity index (χ3n) is 12.7. The molecule has 1 aromatic heterocycles. The maximum atomic E-state index is 14.7. The van der Waals surface area contributed by atoms with Gasteiger partial charge in [0.1, 0.15) is 0 Å². The highest BCUT2D eigenvalue weighted by atomic mass is 16.2. The molecule has 0 N–H and O–H groups in total. The van der Waals surface area contributed by atoms with Crippen LogP contribution in [0.25, 0.3) is 10.8 Å². The fourth-order valence-corrected chi connectivity index (χ4v) is 8.47. The van der Waals surface area contributed by atoms with Gasteiger partial charge < -0.3 is 0 Å². The number of fused-ring (bicyclic) bond motifs is 1. The van der Waals surface area contributed by atoms with Crippen LogP contribution in [0, 0.1) is 20.8 Å². The van der Waals surface area contributed by atoms with Crippen molar-refractivity contribution in [3.63, 3.8) is 0 Å². The maximum absolute atomic E-state index is 14.7. The van der Waals surface area contributed by atoms with E-state index in [2.05, 4.69) is 34.9 Å². The minimum atomic E-state index is -1.32. The third kappa shape index (κ3) is 14.4. The van der Waals surface area contributed by atoms with Gasteiger partial charge in [0.25, 0.3) is 0 Å². The predicted octanol–water partition coefficient (Wildman–Crippen LogP) is 11.5. The molecule has 0 aliphatic rings. The largest absolute Gasteiger partial charge is 0.337 e. The lowest BCUT2D eigenvalue weighted by Crippen LogP contribution is -2.65. The van der Waals surface area contributed by atoms with Crippen molar-refractivity contribution in [1.82, 2.24) is 13.7 Å². The van der Waals surface area contributed by atoms with E-state index in [-0.39, 0.29) is 28.8 Å². The van der Waals surface area contributed by atoms with Gasteiger partial charge in [-0.3, -0.25) is 0 Å². The summed E-state index contributed by atoms with van der Waals surface area (Å²) in [6.07, 6.45) is 10.4. The fraction of sp³-hybridized carbons (Fsp3) is 0.267. The van der Waals surface area contributed by atoms with E-state index < -0.39 is 33.7 Å². The summed E-state index contributed by atoms with van der Waals surface area (Å²) in [7, 11) is 0. The molecule has 0 bridgehead atoms. The van der Waals surface area contributed by atoms with Crippen molar-refractivity contribution in [2.75, 3.05) is 0 Å². The molecule has 0 aliphatic heterocycles. The monoisotopic (exact) mass is 1080 g/mol. The van der Waals surface area contributed by atoms with Gasteiger partial charge in [0, 0.05) is 10.8 Å². The zero-order valence-electron chi connectivity index (χ0n) is 43.2. The van der Waals surface area contributed by atoms with E-state index >= 15 is 0 Å². The number of aliphatic imine (C=N–C) groups is 7. The smallest absolute Gasteiger partial charge is 0.247 e. The Hall–Kier alpha value is -10.4. The second-order valence-corrected chi connectivity index (χ2v) is 18.5. The summed E-state index contributed by atoms with van der Waals surface area (Å²) in [4.78, 5) is 142. The first-order valence-corrected chi connectivity index (χ1v) is 23.2. The molecule has 0 aliphatic carbocycles. The second kappa shape index (κ2) is 28.7. The van der Waals surface area contributed by atoms with Crippen LogP contribution in [0.4, 0.5) is 34.1 Å². The molecule has 0 amide bonds. The Kier molecular flexibility index (Phi) is 23.6. The molecule has 0 fully saturated rings. The number of aromatic nitrogens is 3. The number of rotatable bonds is 14. The van der Waals surface area contributed by atoms with Crippen molar-refractivity contribution in [2.24, 2.45) is 34.9 Å². The van der Waals surface area contributed by atoms with Gasteiger partial charge >= 0.3 is 17.1 Å². The normalized spacial score (nSPS) is 10.2. The minimum absolute atomic E-state index is 0. The molecule has 7 rings (SSSR count). The first kappa shape index (κ1) is 65.8. The maximum Gasteiger partial charge on any atom is 0.337 e. The van der Waals surface area contributed by atoms with Crippen LogP contribution < -0.4 is 17.1 Å². The molecule has 0 unspecified atom stereocenters. The molecule has 6 aromatic carbocycles.